The average molecular weight is 190 g/mol. The molecule has 2 rings (SSSR count). The molecule has 0 radical (unpaired) electrons. The molecule has 14 heavy (non-hydrogen) atoms. The van der Waals surface area contributed by atoms with Gasteiger partial charge >= 0.3 is 0 Å². The molecule has 2 heteroatoms. The Morgan fingerprint density at radius 1 is 1.21 bits per heavy atom. The van der Waals surface area contributed by atoms with E-state index in [9.17, 15) is 0 Å². The summed E-state index contributed by atoms with van der Waals surface area (Å²) in [6.07, 6.45) is 3.43. The van der Waals surface area contributed by atoms with E-state index in [1.54, 1.807) is 0 Å². The predicted octanol–water partition coefficient (Wildman–Crippen LogP) is 1.08. The molecule has 0 unspecified atom stereocenters. The first-order valence-electron chi connectivity index (χ1n) is 5.32. The lowest BCUT2D eigenvalue weighted by molar-refractivity contribution is 0.453. The van der Waals surface area contributed by atoms with Crippen LogP contribution in [-0.4, -0.2) is 12.6 Å². The number of hydrogen-bond donors (Lipinski definition) is 2. The molecular formula is C12H18N2. The second-order valence-corrected chi connectivity index (χ2v) is 4.27. The van der Waals surface area contributed by atoms with E-state index in [1.165, 1.54) is 24.0 Å². The molecule has 0 fully saturated rings. The largest absolute Gasteiger partial charge is 0.329 e. The lowest BCUT2D eigenvalue weighted by Gasteiger charge is -2.13. The fraction of sp³-hybridized carbons (Fsp3) is 0.500. The third kappa shape index (κ3) is 1.97. The smallest absolute Gasteiger partial charge is 0.0165 e. The van der Waals surface area contributed by atoms with Gasteiger partial charge in [0, 0.05) is 12.6 Å². The van der Waals surface area contributed by atoms with Gasteiger partial charge in [0.1, 0.15) is 0 Å². The van der Waals surface area contributed by atoms with Gasteiger partial charge in [0.25, 0.3) is 0 Å². The molecule has 0 aliphatic heterocycles. The van der Waals surface area contributed by atoms with Crippen molar-refractivity contribution in [3.8, 4) is 0 Å². The van der Waals surface area contributed by atoms with Crippen LogP contribution < -0.4 is 11.5 Å². The fourth-order valence-corrected chi connectivity index (χ4v) is 2.34. The van der Waals surface area contributed by atoms with Gasteiger partial charge in [0.15, 0.2) is 0 Å². The van der Waals surface area contributed by atoms with Crippen molar-refractivity contribution in [1.82, 2.24) is 0 Å². The molecule has 4 N–H and O–H groups in total. The zero-order chi connectivity index (χ0) is 9.97. The second-order valence-electron chi connectivity index (χ2n) is 4.27. The normalized spacial score (nSPS) is 18.1. The summed E-state index contributed by atoms with van der Waals surface area (Å²) in [5, 5.41) is 0. The molecule has 76 valence electrons. The van der Waals surface area contributed by atoms with Gasteiger partial charge in [-0.2, -0.15) is 0 Å². The van der Waals surface area contributed by atoms with Crippen LogP contribution in [0.25, 0.3) is 0 Å². The number of fused-ring (bicyclic) bond motifs is 1. The Bertz CT molecular complexity index is 284. The van der Waals surface area contributed by atoms with Crippen LogP contribution in [0.15, 0.2) is 24.3 Å². The maximum absolute atomic E-state index is 5.86. The van der Waals surface area contributed by atoms with Gasteiger partial charge < -0.3 is 11.5 Å². The third-order valence-electron chi connectivity index (χ3n) is 3.07. The lowest BCUT2D eigenvalue weighted by atomic mass is 9.97. The van der Waals surface area contributed by atoms with Crippen LogP contribution >= 0.6 is 0 Å². The highest BCUT2D eigenvalue weighted by Gasteiger charge is 2.22. The predicted molar refractivity (Wildman–Crippen MR) is 59.0 cm³/mol. The van der Waals surface area contributed by atoms with Crippen LogP contribution in [0.2, 0.25) is 0 Å². The highest BCUT2D eigenvalue weighted by molar-refractivity contribution is 5.32. The summed E-state index contributed by atoms with van der Waals surface area (Å²) in [6, 6.07) is 8.86. The first-order valence-corrected chi connectivity index (χ1v) is 5.32. The number of benzene rings is 1. The summed E-state index contributed by atoms with van der Waals surface area (Å²) in [4.78, 5) is 0. The topological polar surface area (TPSA) is 52.0 Å². The van der Waals surface area contributed by atoms with Crippen molar-refractivity contribution in [1.29, 1.82) is 0 Å². The van der Waals surface area contributed by atoms with Crippen LogP contribution in [-0.2, 0) is 12.8 Å². The third-order valence-corrected chi connectivity index (χ3v) is 3.07. The maximum atomic E-state index is 5.86. The molecule has 0 amide bonds. The quantitative estimate of drug-likeness (QED) is 0.749. The van der Waals surface area contributed by atoms with Gasteiger partial charge in [0.05, 0.1) is 0 Å². The van der Waals surface area contributed by atoms with Crippen molar-refractivity contribution in [2.45, 2.75) is 25.3 Å². The van der Waals surface area contributed by atoms with Crippen LogP contribution in [0.5, 0.6) is 0 Å². The van der Waals surface area contributed by atoms with Crippen molar-refractivity contribution < 1.29 is 0 Å². The molecule has 1 aliphatic carbocycles. The van der Waals surface area contributed by atoms with Crippen molar-refractivity contribution in [2.24, 2.45) is 17.4 Å². The van der Waals surface area contributed by atoms with Crippen LogP contribution in [0.1, 0.15) is 17.5 Å². The summed E-state index contributed by atoms with van der Waals surface area (Å²) < 4.78 is 0. The number of rotatable bonds is 3. The molecule has 1 atom stereocenters. The standard InChI is InChI=1S/C12H18N2/c13-8-12(14)7-9-5-10-3-1-2-4-11(10)6-9/h1-4,9,12H,5-8,13-14H2/t12-/m1/s1. The minimum atomic E-state index is 0.175. The van der Waals surface area contributed by atoms with E-state index in [4.69, 9.17) is 11.5 Å². The van der Waals surface area contributed by atoms with Crippen LogP contribution in [0.3, 0.4) is 0 Å². The van der Waals surface area contributed by atoms with E-state index in [2.05, 4.69) is 24.3 Å². The van der Waals surface area contributed by atoms with Gasteiger partial charge in [-0.15, -0.1) is 0 Å². The zero-order valence-electron chi connectivity index (χ0n) is 8.45. The number of hydrogen-bond acceptors (Lipinski definition) is 2. The van der Waals surface area contributed by atoms with E-state index in [1.807, 2.05) is 0 Å². The summed E-state index contributed by atoms with van der Waals surface area (Å²) in [7, 11) is 0. The number of nitrogens with two attached hydrogens (primary N) is 2. The molecule has 1 aliphatic rings. The molecule has 0 saturated carbocycles. The molecule has 0 saturated heterocycles. The van der Waals surface area contributed by atoms with E-state index in [-0.39, 0.29) is 6.04 Å². The van der Waals surface area contributed by atoms with Gasteiger partial charge in [-0.3, -0.25) is 0 Å². The molecule has 1 aromatic carbocycles. The minimum absolute atomic E-state index is 0.175. The van der Waals surface area contributed by atoms with Crippen molar-refractivity contribution in [3.63, 3.8) is 0 Å². The van der Waals surface area contributed by atoms with E-state index in [0.717, 1.165) is 6.42 Å². The summed E-state index contributed by atoms with van der Waals surface area (Å²) in [5.41, 5.74) is 14.4. The monoisotopic (exact) mass is 190 g/mol. The lowest BCUT2D eigenvalue weighted by Crippen LogP contribution is -2.32. The van der Waals surface area contributed by atoms with Crippen molar-refractivity contribution >= 4 is 0 Å². The molecule has 1 aromatic rings. The Hall–Kier alpha value is -0.860. The second kappa shape index (κ2) is 4.11. The first kappa shape index (κ1) is 9.69. The summed E-state index contributed by atoms with van der Waals surface area (Å²) in [5.74, 6) is 0.714. The molecular weight excluding hydrogens is 172 g/mol. The summed E-state index contributed by atoms with van der Waals surface area (Å²) >= 11 is 0. The maximum Gasteiger partial charge on any atom is 0.0165 e. The van der Waals surface area contributed by atoms with Crippen molar-refractivity contribution in [2.75, 3.05) is 6.54 Å². The zero-order valence-corrected chi connectivity index (χ0v) is 8.45. The van der Waals surface area contributed by atoms with Gasteiger partial charge in [-0.05, 0) is 36.3 Å². The van der Waals surface area contributed by atoms with E-state index < -0.39 is 0 Å². The molecule has 0 bridgehead atoms. The fourth-order valence-electron chi connectivity index (χ4n) is 2.34. The van der Waals surface area contributed by atoms with E-state index in [0.29, 0.717) is 12.5 Å². The Kier molecular flexibility index (Phi) is 2.85. The SMILES string of the molecule is NC[C@H](N)CC1Cc2ccccc2C1. The Morgan fingerprint density at radius 3 is 2.29 bits per heavy atom. The molecule has 2 nitrogen and oxygen atoms in total. The first-order chi connectivity index (χ1) is 6.79. The average Bonchev–Trinajstić information content (AvgIpc) is 2.59. The van der Waals surface area contributed by atoms with Gasteiger partial charge in [-0.1, -0.05) is 24.3 Å². The highest BCUT2D eigenvalue weighted by atomic mass is 14.7. The van der Waals surface area contributed by atoms with Crippen LogP contribution in [0, 0.1) is 5.92 Å². The van der Waals surface area contributed by atoms with Crippen molar-refractivity contribution in [3.05, 3.63) is 35.4 Å². The minimum Gasteiger partial charge on any atom is -0.329 e. The summed E-state index contributed by atoms with van der Waals surface area (Å²) in [6.45, 7) is 0.604. The molecule has 0 aromatic heterocycles. The van der Waals surface area contributed by atoms with Gasteiger partial charge in [-0.25, -0.2) is 0 Å². The van der Waals surface area contributed by atoms with Crippen LogP contribution in [0.4, 0.5) is 0 Å². The Balaban J connectivity index is 1.98. The van der Waals surface area contributed by atoms with Gasteiger partial charge in [0.2, 0.25) is 0 Å². The Morgan fingerprint density at radius 2 is 1.79 bits per heavy atom. The highest BCUT2D eigenvalue weighted by Crippen LogP contribution is 2.28. The molecule has 0 heterocycles. The van der Waals surface area contributed by atoms with E-state index >= 15 is 0 Å². The molecule has 0 spiro atoms. The Labute approximate surface area is 85.3 Å².